The van der Waals surface area contributed by atoms with E-state index in [0.717, 1.165) is 29.7 Å². The van der Waals surface area contributed by atoms with Crippen molar-refractivity contribution in [2.75, 3.05) is 6.61 Å². The third-order valence-corrected chi connectivity index (χ3v) is 3.72. The molecule has 5 nitrogen and oxygen atoms in total. The number of hydrogen-bond donors (Lipinski definition) is 1. The fraction of sp³-hybridized carbons (Fsp3) is 0.375. The number of aromatic nitrogens is 2. The standard InChI is InChI=1S/C16H18N2O3/c1-10-6-11(2)8-12(7-10)18-15(14-4-3-5-21-14)13(9-17-18)16(19)20/h6-9,14H,3-5H2,1-2H3,(H,19,20). The summed E-state index contributed by atoms with van der Waals surface area (Å²) in [6.07, 6.45) is 3.00. The Kier molecular flexibility index (Phi) is 3.51. The van der Waals surface area contributed by atoms with Gasteiger partial charge in [-0.05, 0) is 49.9 Å². The molecule has 21 heavy (non-hydrogen) atoms. The molecule has 3 rings (SSSR count). The van der Waals surface area contributed by atoms with E-state index in [2.05, 4.69) is 11.2 Å². The second kappa shape index (κ2) is 5.33. The number of ether oxygens (including phenoxy) is 1. The lowest BCUT2D eigenvalue weighted by Gasteiger charge is -2.15. The van der Waals surface area contributed by atoms with Gasteiger partial charge in [-0.3, -0.25) is 0 Å². The van der Waals surface area contributed by atoms with E-state index in [-0.39, 0.29) is 11.7 Å². The smallest absolute Gasteiger partial charge is 0.339 e. The van der Waals surface area contributed by atoms with Crippen LogP contribution < -0.4 is 0 Å². The van der Waals surface area contributed by atoms with Crippen LogP contribution in [0.5, 0.6) is 0 Å². The predicted molar refractivity (Wildman–Crippen MR) is 77.9 cm³/mol. The van der Waals surface area contributed by atoms with E-state index >= 15 is 0 Å². The molecule has 1 atom stereocenters. The van der Waals surface area contributed by atoms with E-state index in [1.165, 1.54) is 6.20 Å². The number of carboxylic acids is 1. The number of benzene rings is 1. The molecule has 1 aromatic heterocycles. The Morgan fingerprint density at radius 2 is 2.05 bits per heavy atom. The Morgan fingerprint density at radius 3 is 2.62 bits per heavy atom. The molecule has 1 saturated heterocycles. The van der Waals surface area contributed by atoms with Gasteiger partial charge in [0.05, 0.1) is 17.6 Å². The van der Waals surface area contributed by atoms with Crippen molar-refractivity contribution >= 4 is 5.97 Å². The van der Waals surface area contributed by atoms with Crippen LogP contribution in [-0.2, 0) is 4.74 Å². The monoisotopic (exact) mass is 286 g/mol. The van der Waals surface area contributed by atoms with Crippen molar-refractivity contribution in [1.29, 1.82) is 0 Å². The van der Waals surface area contributed by atoms with Crippen molar-refractivity contribution in [1.82, 2.24) is 9.78 Å². The Bertz CT molecular complexity index is 665. The molecule has 0 spiro atoms. The van der Waals surface area contributed by atoms with Crippen LogP contribution >= 0.6 is 0 Å². The minimum Gasteiger partial charge on any atom is -0.478 e. The zero-order valence-corrected chi connectivity index (χ0v) is 12.2. The van der Waals surface area contributed by atoms with E-state index in [0.29, 0.717) is 12.3 Å². The molecule has 2 aromatic rings. The Morgan fingerprint density at radius 1 is 1.33 bits per heavy atom. The van der Waals surface area contributed by atoms with Crippen molar-refractivity contribution in [3.8, 4) is 5.69 Å². The molecule has 0 amide bonds. The first-order chi connectivity index (χ1) is 10.1. The summed E-state index contributed by atoms with van der Waals surface area (Å²) in [6.45, 7) is 4.70. The van der Waals surface area contributed by atoms with Crippen LogP contribution in [0.2, 0.25) is 0 Å². The third kappa shape index (κ3) is 2.56. The molecule has 0 aliphatic carbocycles. The number of aromatic carboxylic acids is 1. The van der Waals surface area contributed by atoms with Gasteiger partial charge in [-0.1, -0.05) is 6.07 Å². The van der Waals surface area contributed by atoms with Gasteiger partial charge < -0.3 is 9.84 Å². The Balaban J connectivity index is 2.15. The molecule has 1 N–H and O–H groups in total. The van der Waals surface area contributed by atoms with Crippen LogP contribution in [0.15, 0.2) is 24.4 Å². The molecule has 1 aliphatic heterocycles. The van der Waals surface area contributed by atoms with Crippen LogP contribution in [0.25, 0.3) is 5.69 Å². The minimum atomic E-state index is -0.962. The van der Waals surface area contributed by atoms with Crippen molar-refractivity contribution in [2.45, 2.75) is 32.8 Å². The van der Waals surface area contributed by atoms with Gasteiger partial charge in [0.15, 0.2) is 0 Å². The average molecular weight is 286 g/mol. The highest BCUT2D eigenvalue weighted by molar-refractivity contribution is 5.89. The summed E-state index contributed by atoms with van der Waals surface area (Å²) in [5.74, 6) is -0.962. The predicted octanol–water partition coefficient (Wildman–Crippen LogP) is 3.04. The first-order valence-corrected chi connectivity index (χ1v) is 7.08. The second-order valence-corrected chi connectivity index (χ2v) is 5.51. The molecule has 1 unspecified atom stereocenters. The lowest BCUT2D eigenvalue weighted by Crippen LogP contribution is -2.11. The van der Waals surface area contributed by atoms with Gasteiger partial charge in [-0.2, -0.15) is 5.10 Å². The van der Waals surface area contributed by atoms with Crippen molar-refractivity contribution < 1.29 is 14.6 Å². The number of carbonyl (C=O) groups is 1. The fourth-order valence-electron chi connectivity index (χ4n) is 2.90. The molecule has 0 bridgehead atoms. The normalized spacial score (nSPS) is 18.1. The van der Waals surface area contributed by atoms with Gasteiger partial charge in [0.25, 0.3) is 0 Å². The topological polar surface area (TPSA) is 64.4 Å². The maximum atomic E-state index is 11.4. The number of nitrogens with zero attached hydrogens (tertiary/aromatic N) is 2. The fourth-order valence-corrected chi connectivity index (χ4v) is 2.90. The summed E-state index contributed by atoms with van der Waals surface area (Å²) in [5.41, 5.74) is 3.99. The zero-order valence-electron chi connectivity index (χ0n) is 12.2. The Labute approximate surface area is 123 Å². The van der Waals surface area contributed by atoms with Crippen LogP contribution in [0.3, 0.4) is 0 Å². The van der Waals surface area contributed by atoms with E-state index < -0.39 is 5.97 Å². The summed E-state index contributed by atoms with van der Waals surface area (Å²) < 4.78 is 7.39. The molecular weight excluding hydrogens is 268 g/mol. The molecule has 1 aliphatic rings. The van der Waals surface area contributed by atoms with Crippen molar-refractivity contribution in [2.24, 2.45) is 0 Å². The van der Waals surface area contributed by atoms with Crippen molar-refractivity contribution in [3.05, 3.63) is 46.8 Å². The quantitative estimate of drug-likeness (QED) is 0.942. The minimum absolute atomic E-state index is 0.195. The second-order valence-electron chi connectivity index (χ2n) is 5.51. The lowest BCUT2D eigenvalue weighted by atomic mass is 10.1. The number of hydrogen-bond acceptors (Lipinski definition) is 3. The maximum absolute atomic E-state index is 11.4. The number of rotatable bonds is 3. The van der Waals surface area contributed by atoms with Crippen LogP contribution in [0, 0.1) is 13.8 Å². The summed E-state index contributed by atoms with van der Waals surface area (Å²) in [6, 6.07) is 6.09. The van der Waals surface area contributed by atoms with Crippen molar-refractivity contribution in [3.63, 3.8) is 0 Å². The highest BCUT2D eigenvalue weighted by atomic mass is 16.5. The summed E-state index contributed by atoms with van der Waals surface area (Å²) >= 11 is 0. The molecule has 5 heteroatoms. The van der Waals surface area contributed by atoms with Gasteiger partial charge in [-0.25, -0.2) is 9.48 Å². The summed E-state index contributed by atoms with van der Waals surface area (Å²) in [7, 11) is 0. The average Bonchev–Trinajstić information content (AvgIpc) is 3.06. The largest absolute Gasteiger partial charge is 0.478 e. The zero-order chi connectivity index (χ0) is 15.0. The summed E-state index contributed by atoms with van der Waals surface area (Å²) in [5, 5.41) is 13.7. The number of carboxylic acid groups (broad SMARTS) is 1. The van der Waals surface area contributed by atoms with E-state index in [4.69, 9.17) is 4.74 Å². The molecule has 1 aromatic carbocycles. The van der Waals surface area contributed by atoms with E-state index in [1.54, 1.807) is 4.68 Å². The highest BCUT2D eigenvalue weighted by Gasteiger charge is 2.28. The third-order valence-electron chi connectivity index (χ3n) is 3.72. The molecule has 0 radical (unpaired) electrons. The van der Waals surface area contributed by atoms with E-state index in [9.17, 15) is 9.90 Å². The highest BCUT2D eigenvalue weighted by Crippen LogP contribution is 2.32. The van der Waals surface area contributed by atoms with Crippen LogP contribution in [-0.4, -0.2) is 27.5 Å². The molecule has 110 valence electrons. The summed E-state index contributed by atoms with van der Waals surface area (Å²) in [4.78, 5) is 11.4. The Hall–Kier alpha value is -2.14. The molecular formula is C16H18N2O3. The first-order valence-electron chi connectivity index (χ1n) is 7.08. The number of aryl methyl sites for hydroxylation is 2. The SMILES string of the molecule is Cc1cc(C)cc(-n2ncc(C(=O)O)c2C2CCCO2)c1. The van der Waals surface area contributed by atoms with Crippen LogP contribution in [0.1, 0.15) is 46.1 Å². The van der Waals surface area contributed by atoms with Gasteiger partial charge in [0, 0.05) is 6.61 Å². The lowest BCUT2D eigenvalue weighted by molar-refractivity contribution is 0.0679. The first kappa shape index (κ1) is 13.8. The van der Waals surface area contributed by atoms with Gasteiger partial charge >= 0.3 is 5.97 Å². The molecule has 0 saturated carbocycles. The van der Waals surface area contributed by atoms with Gasteiger partial charge in [-0.15, -0.1) is 0 Å². The van der Waals surface area contributed by atoms with Gasteiger partial charge in [0.1, 0.15) is 11.7 Å². The molecule has 1 fully saturated rings. The maximum Gasteiger partial charge on any atom is 0.339 e. The van der Waals surface area contributed by atoms with Crippen LogP contribution in [0.4, 0.5) is 0 Å². The van der Waals surface area contributed by atoms with E-state index in [1.807, 2.05) is 26.0 Å². The van der Waals surface area contributed by atoms with Gasteiger partial charge in [0.2, 0.25) is 0 Å². The molecule has 2 heterocycles.